The molecule has 0 N–H and O–H groups in total. The monoisotopic (exact) mass is 375 g/mol. The van der Waals surface area contributed by atoms with Gasteiger partial charge in [-0.25, -0.2) is 0 Å². The fourth-order valence-corrected chi connectivity index (χ4v) is 5.01. The lowest BCUT2D eigenvalue weighted by Crippen LogP contribution is -2.19. The molecule has 0 aliphatic heterocycles. The highest BCUT2D eigenvalue weighted by molar-refractivity contribution is 6.03. The number of nitrogens with zero attached hydrogens (tertiary/aromatic N) is 3. The number of pyridine rings is 1. The molecule has 0 saturated heterocycles. The van der Waals surface area contributed by atoms with Crippen LogP contribution in [0.2, 0.25) is 0 Å². The molecular formula is C26H21N3. The van der Waals surface area contributed by atoms with Gasteiger partial charge in [0.25, 0.3) is 0 Å². The highest BCUT2D eigenvalue weighted by atomic mass is 15.2. The van der Waals surface area contributed by atoms with Gasteiger partial charge in [0.2, 0.25) is 0 Å². The largest absolute Gasteiger partial charge is 0.288 e. The van der Waals surface area contributed by atoms with Crippen molar-refractivity contribution >= 4 is 16.4 Å². The quantitative estimate of drug-likeness (QED) is 0.365. The lowest BCUT2D eigenvalue weighted by molar-refractivity contribution is 0.565. The lowest BCUT2D eigenvalue weighted by Gasteiger charge is -2.26. The maximum Gasteiger partial charge on any atom is 0.168 e. The molecule has 29 heavy (non-hydrogen) atoms. The Hall–Kier alpha value is -3.46. The van der Waals surface area contributed by atoms with Crippen LogP contribution in [-0.4, -0.2) is 14.6 Å². The molecular weight excluding hydrogens is 354 g/mol. The van der Waals surface area contributed by atoms with Crippen LogP contribution >= 0.6 is 0 Å². The third kappa shape index (κ3) is 2.13. The average Bonchev–Trinajstić information content (AvgIpc) is 3.35. The topological polar surface area (TPSA) is 30.2 Å². The fraction of sp³-hybridized carbons (Fsp3) is 0.154. The zero-order chi connectivity index (χ0) is 19.6. The second-order valence-corrected chi connectivity index (χ2v) is 8.14. The van der Waals surface area contributed by atoms with Gasteiger partial charge in [-0.3, -0.25) is 4.40 Å². The number of rotatable bonds is 2. The van der Waals surface area contributed by atoms with Crippen molar-refractivity contribution in [1.82, 2.24) is 14.6 Å². The van der Waals surface area contributed by atoms with E-state index in [2.05, 4.69) is 97.0 Å². The number of hydrogen-bond acceptors (Lipinski definition) is 2. The normalized spacial score (nSPS) is 17.6. The number of hydrogen-bond donors (Lipinski definition) is 0. The van der Waals surface area contributed by atoms with Gasteiger partial charge in [0.05, 0.1) is 0 Å². The van der Waals surface area contributed by atoms with Crippen molar-refractivity contribution in [2.24, 2.45) is 0 Å². The van der Waals surface area contributed by atoms with Crippen LogP contribution in [0.25, 0.3) is 38.7 Å². The molecule has 3 aromatic carbocycles. The van der Waals surface area contributed by atoms with Crippen LogP contribution in [-0.2, 0) is 5.41 Å². The Labute approximate surface area is 169 Å². The van der Waals surface area contributed by atoms with Gasteiger partial charge >= 0.3 is 0 Å². The smallest absolute Gasteiger partial charge is 0.168 e. The van der Waals surface area contributed by atoms with E-state index < -0.39 is 0 Å². The first-order valence-corrected chi connectivity index (χ1v) is 10.2. The van der Waals surface area contributed by atoms with Gasteiger partial charge in [-0.2, -0.15) is 0 Å². The van der Waals surface area contributed by atoms with Crippen LogP contribution in [0.5, 0.6) is 0 Å². The second-order valence-electron chi connectivity index (χ2n) is 8.14. The van der Waals surface area contributed by atoms with E-state index in [9.17, 15) is 0 Å². The predicted molar refractivity (Wildman–Crippen MR) is 118 cm³/mol. The van der Waals surface area contributed by atoms with Crippen LogP contribution in [0, 0.1) is 0 Å². The van der Waals surface area contributed by atoms with Crippen LogP contribution < -0.4 is 0 Å². The molecule has 0 bridgehead atoms. The molecule has 3 heteroatoms. The second kappa shape index (κ2) is 5.77. The zero-order valence-corrected chi connectivity index (χ0v) is 16.6. The molecule has 2 heterocycles. The Morgan fingerprint density at radius 1 is 0.828 bits per heavy atom. The van der Waals surface area contributed by atoms with Gasteiger partial charge < -0.3 is 0 Å². The first-order valence-electron chi connectivity index (χ1n) is 10.2. The van der Waals surface area contributed by atoms with Gasteiger partial charge in [-0.05, 0) is 45.7 Å². The zero-order valence-electron chi connectivity index (χ0n) is 16.6. The van der Waals surface area contributed by atoms with Crippen molar-refractivity contribution in [2.75, 3.05) is 0 Å². The first-order chi connectivity index (χ1) is 14.2. The molecule has 0 radical (unpaired) electrons. The van der Waals surface area contributed by atoms with Crippen LogP contribution in [0.4, 0.5) is 0 Å². The van der Waals surface area contributed by atoms with Gasteiger partial charge in [-0.1, -0.05) is 74.5 Å². The summed E-state index contributed by atoms with van der Waals surface area (Å²) in [5.74, 6) is 0. The van der Waals surface area contributed by atoms with Crippen molar-refractivity contribution in [3.05, 3.63) is 90.4 Å². The van der Waals surface area contributed by atoms with E-state index in [1.54, 1.807) is 6.33 Å². The Bertz CT molecular complexity index is 1410. The van der Waals surface area contributed by atoms with Crippen molar-refractivity contribution in [3.63, 3.8) is 0 Å². The molecule has 0 spiro atoms. The number of fused-ring (bicyclic) bond motifs is 6. The molecule has 6 rings (SSSR count). The molecule has 1 aliphatic carbocycles. The maximum absolute atomic E-state index is 4.32. The van der Waals surface area contributed by atoms with E-state index in [0.29, 0.717) is 0 Å². The molecule has 3 nitrogen and oxygen atoms in total. The molecule has 0 amide bonds. The molecule has 5 aromatic rings. The van der Waals surface area contributed by atoms with E-state index in [1.165, 1.54) is 38.8 Å². The standard InChI is InChI=1S/C26H21N3/c1-3-26(2)23-11-7-6-9-19(23)20-13-12-17(14-24(20)26)22-15-29-16-27-28-25(29)21-10-5-4-8-18(21)22/h4-16H,3H2,1-2H3. The van der Waals surface area contributed by atoms with Crippen LogP contribution in [0.1, 0.15) is 31.4 Å². The molecule has 2 aromatic heterocycles. The first kappa shape index (κ1) is 16.5. The Kier molecular flexibility index (Phi) is 3.28. The summed E-state index contributed by atoms with van der Waals surface area (Å²) in [6.45, 7) is 4.67. The summed E-state index contributed by atoms with van der Waals surface area (Å²) in [5, 5.41) is 10.8. The maximum atomic E-state index is 4.32. The minimum atomic E-state index is 0.0401. The van der Waals surface area contributed by atoms with Crippen LogP contribution in [0.15, 0.2) is 79.3 Å². The van der Waals surface area contributed by atoms with E-state index in [1.807, 2.05) is 4.40 Å². The summed E-state index contributed by atoms with van der Waals surface area (Å²) < 4.78 is 2.03. The van der Waals surface area contributed by atoms with Gasteiger partial charge in [0.1, 0.15) is 6.33 Å². The molecule has 1 aliphatic rings. The Morgan fingerprint density at radius 2 is 1.59 bits per heavy atom. The SMILES string of the molecule is CCC1(C)c2ccccc2-c2ccc(-c3cn4cnnc4c4ccccc34)cc21. The molecule has 0 saturated carbocycles. The van der Waals surface area contributed by atoms with Crippen molar-refractivity contribution in [3.8, 4) is 22.3 Å². The Morgan fingerprint density at radius 3 is 2.45 bits per heavy atom. The van der Waals surface area contributed by atoms with Crippen molar-refractivity contribution in [1.29, 1.82) is 0 Å². The minimum absolute atomic E-state index is 0.0401. The Balaban J connectivity index is 1.65. The molecule has 1 atom stereocenters. The number of benzene rings is 3. The summed E-state index contributed by atoms with van der Waals surface area (Å²) in [6.07, 6.45) is 5.01. The third-order valence-corrected chi connectivity index (χ3v) is 6.74. The van der Waals surface area contributed by atoms with Crippen molar-refractivity contribution in [2.45, 2.75) is 25.7 Å². The molecule has 0 fully saturated rings. The lowest BCUT2D eigenvalue weighted by atomic mass is 9.77. The minimum Gasteiger partial charge on any atom is -0.288 e. The van der Waals surface area contributed by atoms with Crippen LogP contribution in [0.3, 0.4) is 0 Å². The summed E-state index contributed by atoms with van der Waals surface area (Å²) in [7, 11) is 0. The summed E-state index contributed by atoms with van der Waals surface area (Å²) in [4.78, 5) is 0. The van der Waals surface area contributed by atoms with E-state index in [0.717, 1.165) is 17.5 Å². The third-order valence-electron chi connectivity index (χ3n) is 6.74. The van der Waals surface area contributed by atoms with Gasteiger partial charge in [0.15, 0.2) is 5.65 Å². The summed E-state index contributed by atoms with van der Waals surface area (Å²) in [6, 6.07) is 24.3. The van der Waals surface area contributed by atoms with Crippen molar-refractivity contribution < 1.29 is 0 Å². The number of aromatic nitrogens is 3. The van der Waals surface area contributed by atoms with Gasteiger partial charge in [-0.15, -0.1) is 10.2 Å². The van der Waals surface area contributed by atoms with E-state index in [4.69, 9.17) is 0 Å². The fourth-order valence-electron chi connectivity index (χ4n) is 5.01. The van der Waals surface area contributed by atoms with E-state index in [-0.39, 0.29) is 5.41 Å². The molecule has 1 unspecified atom stereocenters. The summed E-state index contributed by atoms with van der Waals surface area (Å²) >= 11 is 0. The predicted octanol–water partition coefficient (Wildman–Crippen LogP) is 6.25. The summed E-state index contributed by atoms with van der Waals surface area (Å²) in [5.41, 5.74) is 8.99. The van der Waals surface area contributed by atoms with Gasteiger partial charge in [0, 0.05) is 22.6 Å². The average molecular weight is 375 g/mol. The highest BCUT2D eigenvalue weighted by Crippen LogP contribution is 2.51. The highest BCUT2D eigenvalue weighted by Gasteiger charge is 2.37. The van der Waals surface area contributed by atoms with E-state index >= 15 is 0 Å². The molecule has 140 valence electrons.